The molecule has 25 heavy (non-hydrogen) atoms. The van der Waals surface area contributed by atoms with E-state index in [9.17, 15) is 4.79 Å². The molecule has 2 aliphatic rings. The Balaban J connectivity index is 1.45. The van der Waals surface area contributed by atoms with Crippen molar-refractivity contribution in [3.05, 3.63) is 47.3 Å². The van der Waals surface area contributed by atoms with Gasteiger partial charge in [0.1, 0.15) is 5.82 Å². The normalized spacial score (nSPS) is 17.6. The summed E-state index contributed by atoms with van der Waals surface area (Å²) >= 11 is 0. The van der Waals surface area contributed by atoms with Gasteiger partial charge in [0, 0.05) is 38.6 Å². The zero-order valence-corrected chi connectivity index (χ0v) is 14.9. The van der Waals surface area contributed by atoms with Crippen LogP contribution in [0, 0.1) is 6.92 Å². The van der Waals surface area contributed by atoms with E-state index in [1.807, 2.05) is 31.1 Å². The molecule has 2 aromatic heterocycles. The molecule has 0 N–H and O–H groups in total. The third-order valence-corrected chi connectivity index (χ3v) is 5.07. The average Bonchev–Trinajstić information content (AvgIpc) is 3.47. The maximum absolute atomic E-state index is 12.6. The number of rotatable bonds is 3. The summed E-state index contributed by atoms with van der Waals surface area (Å²) in [6.45, 7) is 5.23. The predicted octanol–water partition coefficient (Wildman–Crippen LogP) is 0.883. The van der Waals surface area contributed by atoms with Crippen molar-refractivity contribution >= 4 is 25.2 Å². The second-order valence-corrected chi connectivity index (χ2v) is 7.17. The van der Waals surface area contributed by atoms with Gasteiger partial charge in [0.15, 0.2) is 7.85 Å². The molecule has 3 heterocycles. The number of carbonyl (C=O) groups excluding carboxylic acids is 1. The Bertz CT molecular complexity index is 781. The summed E-state index contributed by atoms with van der Waals surface area (Å²) in [6, 6.07) is 6.04. The molecular weight excluding hydrogens is 311 g/mol. The third kappa shape index (κ3) is 3.39. The lowest BCUT2D eigenvalue weighted by atomic mass is 10.0. The summed E-state index contributed by atoms with van der Waals surface area (Å²) in [5.41, 5.74) is 4.22. The molecule has 1 amide bonds. The van der Waals surface area contributed by atoms with Crippen LogP contribution in [-0.2, 0) is 0 Å². The van der Waals surface area contributed by atoms with E-state index in [0.717, 1.165) is 37.6 Å². The number of pyridine rings is 2. The highest BCUT2D eigenvalue weighted by Crippen LogP contribution is 2.44. The molecule has 2 aromatic rings. The second-order valence-electron chi connectivity index (χ2n) is 7.17. The molecule has 1 saturated carbocycles. The molecule has 1 saturated heterocycles. The number of aryl methyl sites for hydroxylation is 1. The number of hydrogen-bond donors (Lipinski definition) is 0. The Morgan fingerprint density at radius 3 is 2.52 bits per heavy atom. The summed E-state index contributed by atoms with van der Waals surface area (Å²) in [5.74, 6) is 1.88. The van der Waals surface area contributed by atoms with Gasteiger partial charge in [-0.15, -0.1) is 0 Å². The first kappa shape index (κ1) is 16.1. The van der Waals surface area contributed by atoms with Gasteiger partial charge in [-0.2, -0.15) is 0 Å². The maximum Gasteiger partial charge on any atom is 0.255 e. The van der Waals surface area contributed by atoms with Crippen molar-refractivity contribution in [1.82, 2.24) is 14.9 Å². The monoisotopic (exact) mass is 334 g/mol. The summed E-state index contributed by atoms with van der Waals surface area (Å²) in [6.07, 6.45) is 6.18. The predicted molar refractivity (Wildman–Crippen MR) is 101 cm³/mol. The Labute approximate surface area is 149 Å². The molecule has 0 spiro atoms. The highest BCUT2D eigenvalue weighted by molar-refractivity contribution is 6.30. The molecule has 128 valence electrons. The summed E-state index contributed by atoms with van der Waals surface area (Å²) in [5, 5.41) is 0. The Morgan fingerprint density at radius 1 is 1.12 bits per heavy atom. The van der Waals surface area contributed by atoms with Gasteiger partial charge < -0.3 is 9.80 Å². The van der Waals surface area contributed by atoms with Crippen LogP contribution in [0.5, 0.6) is 0 Å². The molecule has 1 aliphatic heterocycles. The summed E-state index contributed by atoms with van der Waals surface area (Å²) in [4.78, 5) is 25.8. The minimum Gasteiger partial charge on any atom is -0.353 e. The van der Waals surface area contributed by atoms with Gasteiger partial charge >= 0.3 is 0 Å². The molecular formula is C19H23BN4O. The van der Waals surface area contributed by atoms with E-state index >= 15 is 0 Å². The fourth-order valence-corrected chi connectivity index (χ4v) is 3.44. The average molecular weight is 334 g/mol. The van der Waals surface area contributed by atoms with E-state index < -0.39 is 0 Å². The fraction of sp³-hybridized carbons (Fsp3) is 0.421. The van der Waals surface area contributed by atoms with Crippen molar-refractivity contribution in [2.24, 2.45) is 0 Å². The van der Waals surface area contributed by atoms with Crippen LogP contribution in [0.15, 0.2) is 30.6 Å². The van der Waals surface area contributed by atoms with Crippen LogP contribution in [0.3, 0.4) is 0 Å². The van der Waals surface area contributed by atoms with E-state index in [0.29, 0.717) is 11.5 Å². The minimum absolute atomic E-state index is 0.0754. The first-order valence-electron chi connectivity index (χ1n) is 9.05. The molecule has 0 aromatic carbocycles. The van der Waals surface area contributed by atoms with Crippen LogP contribution in [0.4, 0.5) is 5.82 Å². The topological polar surface area (TPSA) is 49.3 Å². The smallest absolute Gasteiger partial charge is 0.255 e. The van der Waals surface area contributed by atoms with Crippen LogP contribution >= 0.6 is 0 Å². The van der Waals surface area contributed by atoms with Crippen LogP contribution in [0.25, 0.3) is 0 Å². The van der Waals surface area contributed by atoms with Crippen molar-refractivity contribution in [3.8, 4) is 0 Å². The van der Waals surface area contributed by atoms with Gasteiger partial charge in [-0.3, -0.25) is 9.78 Å². The number of amides is 1. The molecule has 1 aliphatic carbocycles. The number of aromatic nitrogens is 2. The minimum atomic E-state index is 0.0754. The van der Waals surface area contributed by atoms with Crippen LogP contribution < -0.4 is 10.5 Å². The van der Waals surface area contributed by atoms with Gasteiger partial charge in [0.25, 0.3) is 5.91 Å². The summed E-state index contributed by atoms with van der Waals surface area (Å²) in [7, 11) is 1.93. The lowest BCUT2D eigenvalue weighted by Gasteiger charge is -2.36. The Morgan fingerprint density at radius 2 is 1.88 bits per heavy atom. The SMILES string of the molecule is Bc1ccc(C(=O)N2CCN(c3ncc(C)cc3C3CC3)CC2)cn1. The van der Waals surface area contributed by atoms with Crippen molar-refractivity contribution in [2.75, 3.05) is 31.1 Å². The quantitative estimate of drug-likeness (QED) is 0.782. The van der Waals surface area contributed by atoms with E-state index in [-0.39, 0.29) is 5.91 Å². The third-order valence-electron chi connectivity index (χ3n) is 5.07. The first-order valence-corrected chi connectivity index (χ1v) is 9.05. The van der Waals surface area contributed by atoms with E-state index in [4.69, 9.17) is 4.98 Å². The first-order chi connectivity index (χ1) is 12.1. The maximum atomic E-state index is 12.6. The molecule has 0 radical (unpaired) electrons. The van der Waals surface area contributed by atoms with Crippen molar-refractivity contribution in [1.29, 1.82) is 0 Å². The molecule has 2 fully saturated rings. The van der Waals surface area contributed by atoms with Gasteiger partial charge in [0.05, 0.1) is 5.56 Å². The molecule has 0 unspecified atom stereocenters. The van der Waals surface area contributed by atoms with Gasteiger partial charge in [-0.1, -0.05) is 12.1 Å². The zero-order valence-electron chi connectivity index (χ0n) is 14.9. The number of anilines is 1. The zero-order chi connectivity index (χ0) is 17.4. The largest absolute Gasteiger partial charge is 0.353 e. The fourth-order valence-electron chi connectivity index (χ4n) is 3.44. The molecule has 0 atom stereocenters. The Kier molecular flexibility index (Phi) is 4.19. The second kappa shape index (κ2) is 6.50. The molecule has 4 rings (SSSR count). The van der Waals surface area contributed by atoms with E-state index in [1.165, 1.54) is 24.0 Å². The molecule has 0 bridgehead atoms. The van der Waals surface area contributed by atoms with Crippen molar-refractivity contribution < 1.29 is 4.79 Å². The number of piperazine rings is 1. The standard InChI is InChI=1S/C19H23BN4O/c1-13-10-16(14-2-3-14)18(22-11-13)23-6-8-24(9-7-23)19(25)15-4-5-17(20)21-12-15/h4-5,10-12,14H,2-3,6-9,20H2,1H3. The van der Waals surface area contributed by atoms with Gasteiger partial charge in [-0.25, -0.2) is 4.98 Å². The van der Waals surface area contributed by atoms with Crippen LogP contribution in [0.1, 0.15) is 40.2 Å². The van der Waals surface area contributed by atoms with Crippen molar-refractivity contribution in [3.63, 3.8) is 0 Å². The summed E-state index contributed by atoms with van der Waals surface area (Å²) < 4.78 is 0. The van der Waals surface area contributed by atoms with Crippen LogP contribution in [-0.4, -0.2) is 54.8 Å². The Hall–Kier alpha value is -2.37. The lowest BCUT2D eigenvalue weighted by Crippen LogP contribution is -2.49. The lowest BCUT2D eigenvalue weighted by molar-refractivity contribution is 0.0746. The van der Waals surface area contributed by atoms with Crippen LogP contribution in [0.2, 0.25) is 0 Å². The number of carbonyl (C=O) groups is 1. The van der Waals surface area contributed by atoms with E-state index in [2.05, 4.69) is 22.9 Å². The van der Waals surface area contributed by atoms with Gasteiger partial charge in [-0.05, 0) is 48.5 Å². The molecule has 6 heteroatoms. The highest BCUT2D eigenvalue weighted by atomic mass is 16.2. The molecule has 5 nitrogen and oxygen atoms in total. The number of nitrogens with zero attached hydrogens (tertiary/aromatic N) is 4. The van der Waals surface area contributed by atoms with Gasteiger partial charge in [0.2, 0.25) is 0 Å². The highest BCUT2D eigenvalue weighted by Gasteiger charge is 2.30. The van der Waals surface area contributed by atoms with E-state index in [1.54, 1.807) is 6.20 Å². The van der Waals surface area contributed by atoms with Crippen molar-refractivity contribution in [2.45, 2.75) is 25.7 Å². The number of hydrogen-bond acceptors (Lipinski definition) is 4.